The molecule has 0 aromatic heterocycles. The smallest absolute Gasteiger partial charge is 0.0420 e. The summed E-state index contributed by atoms with van der Waals surface area (Å²) < 4.78 is 1.24. The largest absolute Gasteiger partial charge is 0.308 e. The zero-order valence-corrected chi connectivity index (χ0v) is 11.2. The van der Waals surface area contributed by atoms with Crippen LogP contribution in [0.3, 0.4) is 0 Å². The second-order valence-electron chi connectivity index (χ2n) is 4.73. The van der Waals surface area contributed by atoms with Gasteiger partial charge in [0.15, 0.2) is 0 Å². The second kappa shape index (κ2) is 3.91. The standard InChI is InChI=1S/C13H18BrN/c1-9-5-6-11(14)12(10(9)2)13(3)7-4-8-15-13/h5-6,15H,4,7-8H2,1-3H3. The molecule has 0 radical (unpaired) electrons. The van der Waals surface area contributed by atoms with Gasteiger partial charge in [-0.15, -0.1) is 0 Å². The Kier molecular flexibility index (Phi) is 2.91. The number of benzene rings is 1. The Bertz CT molecular complexity index is 378. The number of hydrogen-bond acceptors (Lipinski definition) is 1. The molecule has 1 atom stereocenters. The maximum atomic E-state index is 3.69. The molecule has 82 valence electrons. The van der Waals surface area contributed by atoms with E-state index in [-0.39, 0.29) is 5.54 Å². The molecule has 1 saturated heterocycles. The van der Waals surface area contributed by atoms with Crippen LogP contribution in [0.15, 0.2) is 16.6 Å². The molecule has 1 unspecified atom stereocenters. The Morgan fingerprint density at radius 3 is 2.67 bits per heavy atom. The van der Waals surface area contributed by atoms with E-state index in [0.29, 0.717) is 0 Å². The van der Waals surface area contributed by atoms with Gasteiger partial charge < -0.3 is 5.32 Å². The first-order valence-electron chi connectivity index (χ1n) is 5.56. The lowest BCUT2D eigenvalue weighted by atomic mass is 9.86. The van der Waals surface area contributed by atoms with Gasteiger partial charge in [-0.05, 0) is 62.9 Å². The number of rotatable bonds is 1. The maximum absolute atomic E-state index is 3.69. The first kappa shape index (κ1) is 11.2. The van der Waals surface area contributed by atoms with Crippen molar-refractivity contribution in [2.24, 2.45) is 0 Å². The second-order valence-corrected chi connectivity index (χ2v) is 5.58. The maximum Gasteiger partial charge on any atom is 0.0420 e. The first-order chi connectivity index (χ1) is 7.04. The number of aryl methyl sites for hydroxylation is 1. The minimum atomic E-state index is 0.162. The van der Waals surface area contributed by atoms with Crippen molar-refractivity contribution in [2.45, 2.75) is 39.2 Å². The van der Waals surface area contributed by atoms with Gasteiger partial charge in [0.05, 0.1) is 0 Å². The summed E-state index contributed by atoms with van der Waals surface area (Å²) in [6, 6.07) is 4.35. The average Bonchev–Trinajstić information content (AvgIpc) is 2.60. The monoisotopic (exact) mass is 267 g/mol. The van der Waals surface area contributed by atoms with E-state index in [1.54, 1.807) is 0 Å². The average molecular weight is 268 g/mol. The van der Waals surface area contributed by atoms with Crippen LogP contribution in [0.1, 0.15) is 36.5 Å². The van der Waals surface area contributed by atoms with E-state index in [2.05, 4.69) is 54.2 Å². The Morgan fingerprint density at radius 1 is 1.33 bits per heavy atom. The third kappa shape index (κ3) is 1.85. The molecule has 0 bridgehead atoms. The molecule has 1 fully saturated rings. The van der Waals surface area contributed by atoms with Gasteiger partial charge in [-0.3, -0.25) is 0 Å². The molecule has 0 spiro atoms. The lowest BCUT2D eigenvalue weighted by Crippen LogP contribution is -2.34. The number of nitrogens with one attached hydrogen (secondary N) is 1. The van der Waals surface area contributed by atoms with Crippen LogP contribution < -0.4 is 5.32 Å². The summed E-state index contributed by atoms with van der Waals surface area (Å²) in [4.78, 5) is 0. The van der Waals surface area contributed by atoms with Gasteiger partial charge in [0.25, 0.3) is 0 Å². The van der Waals surface area contributed by atoms with Gasteiger partial charge in [-0.25, -0.2) is 0 Å². The topological polar surface area (TPSA) is 12.0 Å². The Balaban J connectivity index is 2.55. The lowest BCUT2D eigenvalue weighted by molar-refractivity contribution is 0.430. The minimum Gasteiger partial charge on any atom is -0.308 e. The predicted octanol–water partition coefficient (Wildman–Crippen LogP) is 3.66. The highest BCUT2D eigenvalue weighted by molar-refractivity contribution is 9.10. The molecule has 0 saturated carbocycles. The molecule has 15 heavy (non-hydrogen) atoms. The molecule has 1 aromatic rings. The van der Waals surface area contributed by atoms with Crippen LogP contribution in [0, 0.1) is 13.8 Å². The molecule has 2 heteroatoms. The first-order valence-corrected chi connectivity index (χ1v) is 6.35. The predicted molar refractivity (Wildman–Crippen MR) is 68.2 cm³/mol. The van der Waals surface area contributed by atoms with Gasteiger partial charge in [-0.2, -0.15) is 0 Å². The third-order valence-corrected chi connectivity index (χ3v) is 4.27. The number of hydrogen-bond donors (Lipinski definition) is 1. The van der Waals surface area contributed by atoms with E-state index in [1.165, 1.54) is 34.0 Å². The van der Waals surface area contributed by atoms with Crippen molar-refractivity contribution in [2.75, 3.05) is 6.54 Å². The SMILES string of the molecule is Cc1ccc(Br)c(C2(C)CCCN2)c1C. The summed E-state index contributed by atoms with van der Waals surface area (Å²) in [5.74, 6) is 0. The summed E-state index contributed by atoms with van der Waals surface area (Å²) in [5, 5.41) is 3.63. The Morgan fingerprint density at radius 2 is 2.07 bits per heavy atom. The van der Waals surface area contributed by atoms with E-state index in [4.69, 9.17) is 0 Å². The zero-order chi connectivity index (χ0) is 11.1. The molecular weight excluding hydrogens is 250 g/mol. The zero-order valence-electron chi connectivity index (χ0n) is 9.65. The molecule has 1 nitrogen and oxygen atoms in total. The molecule has 0 aliphatic carbocycles. The third-order valence-electron chi connectivity index (χ3n) is 3.61. The van der Waals surface area contributed by atoms with E-state index < -0.39 is 0 Å². The van der Waals surface area contributed by atoms with Crippen molar-refractivity contribution in [1.29, 1.82) is 0 Å². The van der Waals surface area contributed by atoms with Crippen LogP contribution in [0.5, 0.6) is 0 Å². The summed E-state index contributed by atoms with van der Waals surface area (Å²) in [7, 11) is 0. The van der Waals surface area contributed by atoms with Crippen LogP contribution in [0.2, 0.25) is 0 Å². The van der Waals surface area contributed by atoms with Gasteiger partial charge >= 0.3 is 0 Å². The molecule has 1 aromatic carbocycles. The minimum absolute atomic E-state index is 0.162. The quantitative estimate of drug-likeness (QED) is 0.819. The van der Waals surface area contributed by atoms with Crippen molar-refractivity contribution in [3.05, 3.63) is 33.3 Å². The van der Waals surface area contributed by atoms with E-state index in [0.717, 1.165) is 6.54 Å². The van der Waals surface area contributed by atoms with Crippen LogP contribution in [0.25, 0.3) is 0 Å². The Labute approximate surface area is 100 Å². The lowest BCUT2D eigenvalue weighted by Gasteiger charge is -2.29. The van der Waals surface area contributed by atoms with E-state index in [9.17, 15) is 0 Å². The fourth-order valence-electron chi connectivity index (χ4n) is 2.57. The summed E-state index contributed by atoms with van der Waals surface area (Å²) in [6.45, 7) is 7.85. The van der Waals surface area contributed by atoms with Crippen LogP contribution in [0.4, 0.5) is 0 Å². The van der Waals surface area contributed by atoms with Crippen molar-refractivity contribution >= 4 is 15.9 Å². The fourth-order valence-corrected chi connectivity index (χ4v) is 3.44. The highest BCUT2D eigenvalue weighted by Gasteiger charge is 2.33. The Hall–Kier alpha value is -0.340. The van der Waals surface area contributed by atoms with Gasteiger partial charge in [0, 0.05) is 10.0 Å². The summed E-state index contributed by atoms with van der Waals surface area (Å²) in [6.07, 6.45) is 2.51. The normalized spacial score (nSPS) is 25.9. The molecule has 1 aliphatic rings. The number of halogens is 1. The van der Waals surface area contributed by atoms with Crippen molar-refractivity contribution in [3.8, 4) is 0 Å². The molecular formula is C13H18BrN. The summed E-state index contributed by atoms with van der Waals surface area (Å²) >= 11 is 3.69. The van der Waals surface area contributed by atoms with Gasteiger partial charge in [0.2, 0.25) is 0 Å². The van der Waals surface area contributed by atoms with Crippen LogP contribution >= 0.6 is 15.9 Å². The van der Waals surface area contributed by atoms with E-state index >= 15 is 0 Å². The van der Waals surface area contributed by atoms with Crippen LogP contribution in [-0.4, -0.2) is 6.54 Å². The highest BCUT2D eigenvalue weighted by atomic mass is 79.9. The van der Waals surface area contributed by atoms with Crippen LogP contribution in [-0.2, 0) is 5.54 Å². The van der Waals surface area contributed by atoms with Crippen molar-refractivity contribution in [3.63, 3.8) is 0 Å². The molecule has 2 rings (SSSR count). The molecule has 0 amide bonds. The molecule has 1 heterocycles. The van der Waals surface area contributed by atoms with E-state index in [1.807, 2.05) is 0 Å². The van der Waals surface area contributed by atoms with Crippen molar-refractivity contribution in [1.82, 2.24) is 5.32 Å². The van der Waals surface area contributed by atoms with Gasteiger partial charge in [-0.1, -0.05) is 22.0 Å². The van der Waals surface area contributed by atoms with Gasteiger partial charge in [0.1, 0.15) is 0 Å². The molecule has 1 aliphatic heterocycles. The van der Waals surface area contributed by atoms with Crippen molar-refractivity contribution < 1.29 is 0 Å². The fraction of sp³-hybridized carbons (Fsp3) is 0.538. The summed E-state index contributed by atoms with van der Waals surface area (Å²) in [5.41, 5.74) is 4.40. The molecule has 1 N–H and O–H groups in total. The highest BCUT2D eigenvalue weighted by Crippen LogP contribution is 2.38.